The van der Waals surface area contributed by atoms with E-state index in [9.17, 15) is 0 Å². The first kappa shape index (κ1) is 20.5. The smallest absolute Gasteiger partial charge is 0.0540 e. The third-order valence-electron chi connectivity index (χ3n) is 6.30. The van der Waals surface area contributed by atoms with Crippen LogP contribution >= 0.6 is 11.6 Å². The molecule has 6 aromatic carbocycles. The molecule has 0 spiro atoms. The summed E-state index contributed by atoms with van der Waals surface area (Å²) in [7, 11) is 0. The Morgan fingerprint density at radius 3 is 1.79 bits per heavy atom. The predicted octanol–water partition coefficient (Wildman–Crippen LogP) is 9.78. The fourth-order valence-corrected chi connectivity index (χ4v) is 4.72. The van der Waals surface area contributed by atoms with Gasteiger partial charge in [0, 0.05) is 21.8 Å². The van der Waals surface area contributed by atoms with Crippen molar-refractivity contribution in [3.63, 3.8) is 0 Å². The molecule has 6 aromatic rings. The molecule has 2 heteroatoms. The SMILES string of the molecule is Clc1ccc(-c2ccc(N(c3ccc4ccccc4c3)c3cccc4ccccc34)cc2)cc1. The summed E-state index contributed by atoms with van der Waals surface area (Å²) in [5, 5.41) is 5.66. The van der Waals surface area contributed by atoms with E-state index in [-0.39, 0.29) is 0 Å². The molecule has 162 valence electrons. The first-order chi connectivity index (χ1) is 16.8. The summed E-state index contributed by atoms with van der Waals surface area (Å²) in [4.78, 5) is 2.35. The van der Waals surface area contributed by atoms with E-state index >= 15 is 0 Å². The number of rotatable bonds is 4. The first-order valence-electron chi connectivity index (χ1n) is 11.4. The van der Waals surface area contributed by atoms with Gasteiger partial charge in [-0.05, 0) is 69.8 Å². The lowest BCUT2D eigenvalue weighted by Crippen LogP contribution is -2.10. The Kier molecular flexibility index (Phi) is 5.25. The van der Waals surface area contributed by atoms with E-state index in [4.69, 9.17) is 11.6 Å². The van der Waals surface area contributed by atoms with Crippen molar-refractivity contribution in [3.05, 3.63) is 138 Å². The van der Waals surface area contributed by atoms with E-state index < -0.39 is 0 Å². The van der Waals surface area contributed by atoms with Gasteiger partial charge in [0.15, 0.2) is 0 Å². The Balaban J connectivity index is 1.52. The molecule has 0 fully saturated rings. The summed E-state index contributed by atoms with van der Waals surface area (Å²) in [5.74, 6) is 0. The second-order valence-corrected chi connectivity index (χ2v) is 8.86. The Morgan fingerprint density at radius 1 is 0.441 bits per heavy atom. The summed E-state index contributed by atoms with van der Waals surface area (Å²) in [5.41, 5.74) is 5.72. The van der Waals surface area contributed by atoms with Gasteiger partial charge in [-0.25, -0.2) is 0 Å². The average Bonchev–Trinajstić information content (AvgIpc) is 2.90. The van der Waals surface area contributed by atoms with Gasteiger partial charge < -0.3 is 4.90 Å². The third kappa shape index (κ3) is 3.81. The molecule has 0 saturated heterocycles. The van der Waals surface area contributed by atoms with Crippen molar-refractivity contribution in [2.24, 2.45) is 0 Å². The highest BCUT2D eigenvalue weighted by Gasteiger charge is 2.15. The molecule has 6 rings (SSSR count). The second-order valence-electron chi connectivity index (χ2n) is 8.42. The molecule has 0 amide bonds. The molecule has 0 radical (unpaired) electrons. The predicted molar refractivity (Wildman–Crippen MR) is 147 cm³/mol. The van der Waals surface area contributed by atoms with Gasteiger partial charge in [0.05, 0.1) is 5.69 Å². The molecule has 0 bridgehead atoms. The highest BCUT2D eigenvalue weighted by atomic mass is 35.5. The van der Waals surface area contributed by atoms with Crippen LogP contribution in [-0.4, -0.2) is 0 Å². The largest absolute Gasteiger partial charge is 0.310 e. The number of anilines is 3. The van der Waals surface area contributed by atoms with Gasteiger partial charge >= 0.3 is 0 Å². The van der Waals surface area contributed by atoms with E-state index in [1.807, 2.05) is 12.1 Å². The fraction of sp³-hybridized carbons (Fsp3) is 0. The van der Waals surface area contributed by atoms with Crippen molar-refractivity contribution in [2.75, 3.05) is 4.90 Å². The number of hydrogen-bond acceptors (Lipinski definition) is 1. The molecule has 0 N–H and O–H groups in total. The molecule has 0 aliphatic heterocycles. The molecule has 0 aliphatic rings. The summed E-state index contributed by atoms with van der Waals surface area (Å²) >= 11 is 6.08. The molecule has 0 aliphatic carbocycles. The minimum Gasteiger partial charge on any atom is -0.310 e. The molecule has 0 unspecified atom stereocenters. The molecule has 34 heavy (non-hydrogen) atoms. The van der Waals surface area contributed by atoms with E-state index in [0.29, 0.717) is 0 Å². The highest BCUT2D eigenvalue weighted by Crippen LogP contribution is 2.40. The van der Waals surface area contributed by atoms with Crippen LogP contribution in [0.5, 0.6) is 0 Å². The van der Waals surface area contributed by atoms with E-state index in [0.717, 1.165) is 33.2 Å². The van der Waals surface area contributed by atoms with Crippen LogP contribution in [0.2, 0.25) is 5.02 Å². The van der Waals surface area contributed by atoms with Crippen LogP contribution in [0.3, 0.4) is 0 Å². The van der Waals surface area contributed by atoms with Gasteiger partial charge in [0.2, 0.25) is 0 Å². The average molecular weight is 456 g/mol. The zero-order chi connectivity index (χ0) is 22.9. The Labute approximate surface area is 204 Å². The molecule has 1 nitrogen and oxygen atoms in total. The Bertz CT molecular complexity index is 1600. The van der Waals surface area contributed by atoms with Crippen LogP contribution in [-0.2, 0) is 0 Å². The minimum atomic E-state index is 0.749. The lowest BCUT2D eigenvalue weighted by atomic mass is 10.0. The van der Waals surface area contributed by atoms with Gasteiger partial charge in [-0.1, -0.05) is 103 Å². The number of fused-ring (bicyclic) bond motifs is 2. The lowest BCUT2D eigenvalue weighted by molar-refractivity contribution is 1.30. The molecular weight excluding hydrogens is 434 g/mol. The monoisotopic (exact) mass is 455 g/mol. The molecule has 0 saturated carbocycles. The topological polar surface area (TPSA) is 3.24 Å². The molecule has 0 heterocycles. The third-order valence-corrected chi connectivity index (χ3v) is 6.55. The fourth-order valence-electron chi connectivity index (χ4n) is 4.59. The highest BCUT2D eigenvalue weighted by molar-refractivity contribution is 6.30. The molecule has 0 aromatic heterocycles. The van der Waals surface area contributed by atoms with Crippen molar-refractivity contribution in [1.29, 1.82) is 0 Å². The van der Waals surface area contributed by atoms with Crippen LogP contribution in [0.4, 0.5) is 17.1 Å². The van der Waals surface area contributed by atoms with Crippen molar-refractivity contribution in [3.8, 4) is 11.1 Å². The summed E-state index contributed by atoms with van der Waals surface area (Å²) in [6, 6.07) is 47.0. The van der Waals surface area contributed by atoms with Crippen LogP contribution in [0.15, 0.2) is 133 Å². The maximum absolute atomic E-state index is 6.08. The van der Waals surface area contributed by atoms with Crippen molar-refractivity contribution in [2.45, 2.75) is 0 Å². The maximum Gasteiger partial charge on any atom is 0.0540 e. The Hall–Kier alpha value is -4.07. The molecule has 0 atom stereocenters. The van der Waals surface area contributed by atoms with Crippen molar-refractivity contribution >= 4 is 50.2 Å². The van der Waals surface area contributed by atoms with Crippen LogP contribution < -0.4 is 4.90 Å². The standard InChI is InChI=1S/C32H22ClN/c33-28-17-12-24(13-18-28)25-14-19-29(20-15-25)34(30-21-16-23-6-1-2-8-27(23)22-30)32-11-5-9-26-7-3-4-10-31(26)32/h1-22H. The van der Waals surface area contributed by atoms with Gasteiger partial charge in [0.25, 0.3) is 0 Å². The molecular formula is C32H22ClN. The van der Waals surface area contributed by atoms with Crippen molar-refractivity contribution in [1.82, 2.24) is 0 Å². The van der Waals surface area contributed by atoms with Crippen LogP contribution in [0.1, 0.15) is 0 Å². The summed E-state index contributed by atoms with van der Waals surface area (Å²) in [6.07, 6.45) is 0. The second kappa shape index (κ2) is 8.70. The summed E-state index contributed by atoms with van der Waals surface area (Å²) in [6.45, 7) is 0. The zero-order valence-electron chi connectivity index (χ0n) is 18.5. The van der Waals surface area contributed by atoms with Gasteiger partial charge in [0.1, 0.15) is 0 Å². The zero-order valence-corrected chi connectivity index (χ0v) is 19.3. The number of hydrogen-bond donors (Lipinski definition) is 0. The minimum absolute atomic E-state index is 0.749. The van der Waals surface area contributed by atoms with Gasteiger partial charge in [-0.3, -0.25) is 0 Å². The quantitative estimate of drug-likeness (QED) is 0.255. The van der Waals surface area contributed by atoms with Crippen LogP contribution in [0.25, 0.3) is 32.7 Å². The first-order valence-corrected chi connectivity index (χ1v) is 11.8. The van der Waals surface area contributed by atoms with Crippen LogP contribution in [0, 0.1) is 0 Å². The normalized spacial score (nSPS) is 11.1. The Morgan fingerprint density at radius 2 is 1.03 bits per heavy atom. The maximum atomic E-state index is 6.08. The number of benzene rings is 6. The van der Waals surface area contributed by atoms with E-state index in [1.54, 1.807) is 0 Å². The van der Waals surface area contributed by atoms with Gasteiger partial charge in [-0.15, -0.1) is 0 Å². The lowest BCUT2D eigenvalue weighted by Gasteiger charge is -2.27. The van der Waals surface area contributed by atoms with E-state index in [2.05, 4.69) is 126 Å². The van der Waals surface area contributed by atoms with Gasteiger partial charge in [-0.2, -0.15) is 0 Å². The van der Waals surface area contributed by atoms with Crippen molar-refractivity contribution < 1.29 is 0 Å². The number of halogens is 1. The van der Waals surface area contributed by atoms with E-state index in [1.165, 1.54) is 21.5 Å². The summed E-state index contributed by atoms with van der Waals surface area (Å²) < 4.78 is 0. The number of nitrogens with zero attached hydrogens (tertiary/aromatic N) is 1.